The molecule has 0 aromatic carbocycles. The van der Waals surface area contributed by atoms with Crippen LogP contribution in [0.4, 0.5) is 0 Å². The Balaban J connectivity index is 1.89. The number of carbonyl (C=O) groups excluding carboxylic acids is 1. The van der Waals surface area contributed by atoms with Crippen molar-refractivity contribution in [3.63, 3.8) is 0 Å². The number of hydrazone groups is 1. The van der Waals surface area contributed by atoms with Gasteiger partial charge < -0.3 is 4.55 Å². The molecule has 1 aromatic heterocycles. The molecular weight excluding hydrogens is 292 g/mol. The number of nitrogens with zero attached hydrogens (tertiary/aromatic N) is 3. The predicted octanol–water partition coefficient (Wildman–Crippen LogP) is 0.172. The van der Waals surface area contributed by atoms with Gasteiger partial charge in [-0.3, -0.25) is 9.78 Å². The number of pyridine rings is 1. The van der Waals surface area contributed by atoms with Gasteiger partial charge in [-0.2, -0.15) is 5.10 Å². The lowest BCUT2D eigenvalue weighted by Crippen LogP contribution is -2.51. The fourth-order valence-electron chi connectivity index (χ4n) is 2.94. The zero-order valence-electron chi connectivity index (χ0n) is 11.6. The van der Waals surface area contributed by atoms with Crippen molar-refractivity contribution < 1.29 is 13.6 Å². The van der Waals surface area contributed by atoms with E-state index in [0.29, 0.717) is 31.6 Å². The third kappa shape index (κ3) is 2.39. The van der Waals surface area contributed by atoms with Crippen LogP contribution in [0.2, 0.25) is 0 Å². The number of hydrogen-bond acceptors (Lipinski definition) is 5. The van der Waals surface area contributed by atoms with Crippen LogP contribution in [0.15, 0.2) is 29.6 Å². The van der Waals surface area contributed by atoms with Gasteiger partial charge in [0, 0.05) is 31.0 Å². The van der Waals surface area contributed by atoms with E-state index in [1.807, 2.05) is 6.07 Å². The van der Waals surface area contributed by atoms with E-state index in [2.05, 4.69) is 15.5 Å². The summed E-state index contributed by atoms with van der Waals surface area (Å²) in [5.74, 6) is -0.158. The second-order valence-corrected chi connectivity index (χ2v) is 7.37. The fraction of sp³-hybridized carbons (Fsp3) is 0.462. The molecule has 0 saturated carbocycles. The molecule has 2 aliphatic rings. The SMILES string of the molecule is C[S+](=O)([O-])N1CCC2(CC1)C(=O)NN=C2c1cccnc1. The summed E-state index contributed by atoms with van der Waals surface area (Å²) < 4.78 is 24.6. The third-order valence-electron chi connectivity index (χ3n) is 4.14. The van der Waals surface area contributed by atoms with E-state index in [0.717, 1.165) is 5.56 Å². The summed E-state index contributed by atoms with van der Waals surface area (Å²) in [6.07, 6.45) is 5.38. The Morgan fingerprint density at radius 3 is 2.71 bits per heavy atom. The molecule has 7 nitrogen and oxygen atoms in total. The average molecular weight is 308 g/mol. The number of amides is 1. The van der Waals surface area contributed by atoms with E-state index in [-0.39, 0.29) is 5.91 Å². The number of piperidine rings is 1. The second kappa shape index (κ2) is 4.97. The van der Waals surface area contributed by atoms with Crippen LogP contribution in [-0.4, -0.2) is 44.8 Å². The zero-order chi connectivity index (χ0) is 15.1. The van der Waals surface area contributed by atoms with Crippen molar-refractivity contribution in [3.8, 4) is 0 Å². The molecule has 8 heteroatoms. The smallest absolute Gasteiger partial charge is 0.252 e. The minimum Gasteiger partial charge on any atom is -0.598 e. The van der Waals surface area contributed by atoms with Crippen molar-refractivity contribution in [2.45, 2.75) is 12.8 Å². The molecule has 0 radical (unpaired) electrons. The van der Waals surface area contributed by atoms with Gasteiger partial charge in [-0.15, -0.1) is 4.31 Å². The average Bonchev–Trinajstić information content (AvgIpc) is 2.77. The Morgan fingerprint density at radius 2 is 2.14 bits per heavy atom. The first-order valence-corrected chi connectivity index (χ1v) is 8.52. The van der Waals surface area contributed by atoms with E-state index >= 15 is 0 Å². The van der Waals surface area contributed by atoms with Crippen LogP contribution in [0.3, 0.4) is 0 Å². The third-order valence-corrected chi connectivity index (χ3v) is 5.44. The van der Waals surface area contributed by atoms with Crippen molar-refractivity contribution >= 4 is 22.0 Å². The lowest BCUT2D eigenvalue weighted by atomic mass is 9.73. The van der Waals surface area contributed by atoms with Crippen LogP contribution < -0.4 is 5.43 Å². The van der Waals surface area contributed by atoms with E-state index in [9.17, 15) is 13.6 Å². The monoisotopic (exact) mass is 308 g/mol. The Bertz CT molecular complexity index is 632. The first-order chi connectivity index (χ1) is 9.93. The molecule has 3 heterocycles. The first-order valence-electron chi connectivity index (χ1n) is 6.68. The molecule has 1 amide bonds. The molecule has 1 unspecified atom stereocenters. The standard InChI is InChI=1S/C13H16N4O3S/c1-21(19,20)17-7-4-13(5-8-17)11(15-16-12(13)18)10-3-2-6-14-9-10/h2-3,6,9H,4-5,7-8H2,1H3,(H-,16,18,19,20). The predicted molar refractivity (Wildman–Crippen MR) is 76.9 cm³/mol. The van der Waals surface area contributed by atoms with Crippen LogP contribution >= 0.6 is 0 Å². The molecule has 3 rings (SSSR count). The normalized spacial score (nSPS) is 24.5. The van der Waals surface area contributed by atoms with Gasteiger partial charge in [-0.1, -0.05) is 4.21 Å². The Morgan fingerprint density at radius 1 is 1.43 bits per heavy atom. The molecule has 21 heavy (non-hydrogen) atoms. The highest BCUT2D eigenvalue weighted by Crippen LogP contribution is 2.39. The molecule has 1 fully saturated rings. The van der Waals surface area contributed by atoms with Crippen LogP contribution in [0.5, 0.6) is 0 Å². The van der Waals surface area contributed by atoms with E-state index in [1.54, 1.807) is 18.5 Å². The van der Waals surface area contributed by atoms with Crippen LogP contribution in [-0.2, 0) is 19.4 Å². The molecule has 0 aliphatic carbocycles. The van der Waals surface area contributed by atoms with Gasteiger partial charge in [0.1, 0.15) is 16.7 Å². The number of hydrogen-bond donors (Lipinski definition) is 1. The van der Waals surface area contributed by atoms with Gasteiger partial charge in [0.2, 0.25) is 0 Å². The molecule has 1 atom stereocenters. The van der Waals surface area contributed by atoms with Crippen molar-refractivity contribution in [1.82, 2.24) is 14.7 Å². The highest BCUT2D eigenvalue weighted by Gasteiger charge is 2.51. The topological polar surface area (TPSA) is 97.7 Å². The van der Waals surface area contributed by atoms with E-state index in [1.165, 1.54) is 10.6 Å². The summed E-state index contributed by atoms with van der Waals surface area (Å²) in [6.45, 7) is 0.650. The van der Waals surface area contributed by atoms with Gasteiger partial charge in [-0.05, 0) is 25.0 Å². The maximum absolute atomic E-state index is 12.3. The maximum atomic E-state index is 12.3. The maximum Gasteiger partial charge on any atom is 0.252 e. The van der Waals surface area contributed by atoms with Gasteiger partial charge in [0.25, 0.3) is 5.91 Å². The van der Waals surface area contributed by atoms with Gasteiger partial charge >= 0.3 is 0 Å². The lowest BCUT2D eigenvalue weighted by Gasteiger charge is -2.37. The number of sulfonamides is 1. The summed E-state index contributed by atoms with van der Waals surface area (Å²) >= 11 is 0. The minimum absolute atomic E-state index is 0.158. The number of rotatable bonds is 2. The Labute approximate surface area is 123 Å². The highest BCUT2D eigenvalue weighted by molar-refractivity contribution is 7.94. The van der Waals surface area contributed by atoms with Crippen molar-refractivity contribution in [2.24, 2.45) is 10.5 Å². The molecule has 1 aromatic rings. The van der Waals surface area contributed by atoms with Crippen molar-refractivity contribution in [3.05, 3.63) is 30.1 Å². The second-order valence-electron chi connectivity index (χ2n) is 5.39. The van der Waals surface area contributed by atoms with Crippen LogP contribution in [0, 0.1) is 5.41 Å². The summed E-state index contributed by atoms with van der Waals surface area (Å²) in [5.41, 5.74) is 3.25. The zero-order valence-corrected chi connectivity index (χ0v) is 12.4. The summed E-state index contributed by atoms with van der Waals surface area (Å²) in [7, 11) is -3.22. The summed E-state index contributed by atoms with van der Waals surface area (Å²) in [4.78, 5) is 16.3. The van der Waals surface area contributed by atoms with Crippen molar-refractivity contribution in [1.29, 1.82) is 0 Å². The summed E-state index contributed by atoms with van der Waals surface area (Å²) in [5, 5.41) is 4.16. The van der Waals surface area contributed by atoms with Crippen LogP contribution in [0.25, 0.3) is 0 Å². The molecule has 112 valence electrons. The summed E-state index contributed by atoms with van der Waals surface area (Å²) in [6, 6.07) is 3.65. The Kier molecular flexibility index (Phi) is 3.39. The largest absolute Gasteiger partial charge is 0.598 e. The van der Waals surface area contributed by atoms with E-state index < -0.39 is 15.8 Å². The number of carbonyl (C=O) groups is 1. The van der Waals surface area contributed by atoms with Crippen molar-refractivity contribution in [2.75, 3.05) is 19.3 Å². The van der Waals surface area contributed by atoms with Crippen LogP contribution in [0.1, 0.15) is 18.4 Å². The minimum atomic E-state index is -3.22. The first kappa shape index (κ1) is 14.3. The molecule has 1 saturated heterocycles. The molecular formula is C13H16N4O3S. The van der Waals surface area contributed by atoms with E-state index in [4.69, 9.17) is 0 Å². The Hall–Kier alpha value is -1.64. The molecule has 2 aliphatic heterocycles. The number of aromatic nitrogens is 1. The lowest BCUT2D eigenvalue weighted by molar-refractivity contribution is -0.127. The fourth-order valence-corrected chi connectivity index (χ4v) is 3.78. The quantitative estimate of drug-likeness (QED) is 0.788. The number of nitrogens with one attached hydrogen (secondary N) is 1. The highest BCUT2D eigenvalue weighted by atomic mass is 32.3. The van der Waals surface area contributed by atoms with Gasteiger partial charge in [0.05, 0.1) is 11.1 Å². The molecule has 1 spiro atoms. The van der Waals surface area contributed by atoms with Gasteiger partial charge in [0.15, 0.2) is 0 Å². The molecule has 1 N–H and O–H groups in total. The van der Waals surface area contributed by atoms with Gasteiger partial charge in [-0.25, -0.2) is 5.43 Å². The molecule has 0 bridgehead atoms.